The lowest BCUT2D eigenvalue weighted by Gasteiger charge is -2.33. The van der Waals surface area contributed by atoms with Crippen molar-refractivity contribution in [2.24, 2.45) is 0 Å². The molecule has 1 heterocycles. The van der Waals surface area contributed by atoms with Gasteiger partial charge in [-0.15, -0.1) is 12.4 Å². The van der Waals surface area contributed by atoms with Crippen molar-refractivity contribution in [2.75, 3.05) is 11.9 Å². The van der Waals surface area contributed by atoms with E-state index in [4.69, 9.17) is 11.6 Å². The Morgan fingerprint density at radius 1 is 1.47 bits per heavy atom. The Kier molecular flexibility index (Phi) is 5.59. The van der Waals surface area contributed by atoms with Crippen molar-refractivity contribution in [1.82, 2.24) is 5.32 Å². The maximum absolute atomic E-state index is 13.6. The zero-order valence-electron chi connectivity index (χ0n) is 10.6. The van der Waals surface area contributed by atoms with E-state index in [0.717, 1.165) is 25.8 Å². The molecule has 1 saturated heterocycles. The number of benzene rings is 1. The largest absolute Gasteiger partial charge is 0.322 e. The fraction of sp³-hybridized carbons (Fsp3) is 0.462. The van der Waals surface area contributed by atoms with Gasteiger partial charge in [0, 0.05) is 5.02 Å². The topological polar surface area (TPSA) is 41.1 Å². The fourth-order valence-corrected chi connectivity index (χ4v) is 2.26. The summed E-state index contributed by atoms with van der Waals surface area (Å²) in [5.41, 5.74) is -0.456. The highest BCUT2D eigenvalue weighted by molar-refractivity contribution is 6.30. The Hall–Kier alpha value is -0.840. The Balaban J connectivity index is 0.00000180. The molecule has 1 amide bonds. The van der Waals surface area contributed by atoms with Gasteiger partial charge in [0.1, 0.15) is 5.82 Å². The maximum Gasteiger partial charge on any atom is 0.244 e. The van der Waals surface area contributed by atoms with Crippen LogP contribution in [0.2, 0.25) is 5.02 Å². The normalized spacial score (nSPS) is 22.5. The van der Waals surface area contributed by atoms with E-state index in [2.05, 4.69) is 10.6 Å². The summed E-state index contributed by atoms with van der Waals surface area (Å²) in [6.07, 6.45) is 2.83. The summed E-state index contributed by atoms with van der Waals surface area (Å²) in [7, 11) is 0. The highest BCUT2D eigenvalue weighted by atomic mass is 35.5. The van der Waals surface area contributed by atoms with Crippen LogP contribution >= 0.6 is 24.0 Å². The van der Waals surface area contributed by atoms with Crippen molar-refractivity contribution in [3.8, 4) is 0 Å². The van der Waals surface area contributed by atoms with Gasteiger partial charge in [-0.05, 0) is 50.9 Å². The van der Waals surface area contributed by atoms with Gasteiger partial charge in [-0.2, -0.15) is 0 Å². The number of halogens is 3. The molecule has 0 radical (unpaired) electrons. The van der Waals surface area contributed by atoms with Gasteiger partial charge < -0.3 is 10.6 Å². The number of nitrogens with one attached hydrogen (secondary N) is 2. The third-order valence-corrected chi connectivity index (χ3v) is 3.53. The third kappa shape index (κ3) is 3.81. The molecule has 2 N–H and O–H groups in total. The van der Waals surface area contributed by atoms with E-state index in [0.29, 0.717) is 5.02 Å². The molecule has 0 aliphatic carbocycles. The number of amides is 1. The number of piperidine rings is 1. The molecule has 3 nitrogen and oxygen atoms in total. The number of hydrogen-bond donors (Lipinski definition) is 2. The molecule has 1 fully saturated rings. The molecule has 0 spiro atoms. The van der Waals surface area contributed by atoms with Gasteiger partial charge in [-0.25, -0.2) is 4.39 Å². The second kappa shape index (κ2) is 6.55. The molecule has 1 unspecified atom stereocenters. The number of carbonyl (C=O) groups is 1. The van der Waals surface area contributed by atoms with E-state index in [9.17, 15) is 9.18 Å². The van der Waals surface area contributed by atoms with Crippen LogP contribution in [0.5, 0.6) is 0 Å². The monoisotopic (exact) mass is 306 g/mol. The van der Waals surface area contributed by atoms with Gasteiger partial charge >= 0.3 is 0 Å². The molecule has 1 atom stereocenters. The lowest BCUT2D eigenvalue weighted by molar-refractivity contribution is -0.122. The molecule has 0 bridgehead atoms. The van der Waals surface area contributed by atoms with Crippen LogP contribution in [0.4, 0.5) is 10.1 Å². The van der Waals surface area contributed by atoms with Crippen molar-refractivity contribution in [1.29, 1.82) is 0 Å². The predicted molar refractivity (Wildman–Crippen MR) is 77.5 cm³/mol. The SMILES string of the molecule is CC1(C(=O)Nc2ccc(Cl)cc2F)CCCCN1.Cl. The Bertz CT molecular complexity index is 462. The van der Waals surface area contributed by atoms with Crippen LogP contribution in [0.3, 0.4) is 0 Å². The second-order valence-electron chi connectivity index (χ2n) is 4.79. The van der Waals surface area contributed by atoms with Crippen LogP contribution in [0.25, 0.3) is 0 Å². The first-order valence-corrected chi connectivity index (χ1v) is 6.41. The minimum Gasteiger partial charge on any atom is -0.322 e. The number of anilines is 1. The third-order valence-electron chi connectivity index (χ3n) is 3.30. The summed E-state index contributed by atoms with van der Waals surface area (Å²) < 4.78 is 13.6. The summed E-state index contributed by atoms with van der Waals surface area (Å²) in [4.78, 5) is 12.2. The van der Waals surface area contributed by atoms with E-state index in [1.807, 2.05) is 6.92 Å². The lowest BCUT2D eigenvalue weighted by Crippen LogP contribution is -2.54. The quantitative estimate of drug-likeness (QED) is 0.879. The van der Waals surface area contributed by atoms with Crippen LogP contribution in [-0.4, -0.2) is 18.0 Å². The molecule has 1 aromatic carbocycles. The number of carbonyl (C=O) groups excluding carboxylic acids is 1. The molecule has 1 aromatic rings. The summed E-state index contributed by atoms with van der Waals surface area (Å²) in [5.74, 6) is -0.723. The standard InChI is InChI=1S/C13H16ClFN2O.ClH/c1-13(6-2-3-7-16-13)12(18)17-11-5-4-9(14)8-10(11)15;/h4-5,8,16H,2-3,6-7H2,1H3,(H,17,18);1H. The van der Waals surface area contributed by atoms with E-state index >= 15 is 0 Å². The molecule has 0 saturated carbocycles. The van der Waals surface area contributed by atoms with Gasteiger partial charge in [-0.1, -0.05) is 11.6 Å². The fourth-order valence-electron chi connectivity index (χ4n) is 2.10. The second-order valence-corrected chi connectivity index (χ2v) is 5.23. The molecule has 1 aliphatic heterocycles. The highest BCUT2D eigenvalue weighted by Gasteiger charge is 2.34. The summed E-state index contributed by atoms with van der Waals surface area (Å²) in [6.45, 7) is 2.66. The summed E-state index contributed by atoms with van der Waals surface area (Å²) >= 11 is 5.66. The molecule has 1 aliphatic rings. The van der Waals surface area contributed by atoms with Gasteiger partial charge in [-0.3, -0.25) is 4.79 Å². The molecule has 0 aromatic heterocycles. The average Bonchev–Trinajstić information content (AvgIpc) is 2.33. The van der Waals surface area contributed by atoms with Crippen LogP contribution in [-0.2, 0) is 4.79 Å². The summed E-state index contributed by atoms with van der Waals surface area (Å²) in [5, 5.41) is 6.11. The maximum atomic E-state index is 13.6. The first-order chi connectivity index (χ1) is 8.51. The predicted octanol–water partition coefficient (Wildman–Crippen LogP) is 3.37. The van der Waals surface area contributed by atoms with Gasteiger partial charge in [0.25, 0.3) is 0 Å². The van der Waals surface area contributed by atoms with Gasteiger partial charge in [0.05, 0.1) is 11.2 Å². The van der Waals surface area contributed by atoms with E-state index < -0.39 is 11.4 Å². The smallest absolute Gasteiger partial charge is 0.244 e. The van der Waals surface area contributed by atoms with Crippen molar-refractivity contribution in [3.05, 3.63) is 29.0 Å². The number of hydrogen-bond acceptors (Lipinski definition) is 2. The van der Waals surface area contributed by atoms with Crippen molar-refractivity contribution in [2.45, 2.75) is 31.7 Å². The first kappa shape index (κ1) is 16.2. The molecule has 19 heavy (non-hydrogen) atoms. The molecular formula is C13H17Cl2FN2O. The zero-order valence-corrected chi connectivity index (χ0v) is 12.2. The Morgan fingerprint density at radius 2 is 2.21 bits per heavy atom. The Morgan fingerprint density at radius 3 is 2.79 bits per heavy atom. The first-order valence-electron chi connectivity index (χ1n) is 6.03. The lowest BCUT2D eigenvalue weighted by atomic mass is 9.90. The van der Waals surface area contributed by atoms with Crippen molar-refractivity contribution >= 4 is 35.6 Å². The summed E-state index contributed by atoms with van der Waals surface area (Å²) in [6, 6.07) is 4.21. The van der Waals surface area contributed by atoms with Crippen LogP contribution in [0.15, 0.2) is 18.2 Å². The van der Waals surface area contributed by atoms with E-state index in [-0.39, 0.29) is 24.0 Å². The zero-order chi connectivity index (χ0) is 13.2. The van der Waals surface area contributed by atoms with Crippen molar-refractivity contribution in [3.63, 3.8) is 0 Å². The van der Waals surface area contributed by atoms with Gasteiger partial charge in [0.2, 0.25) is 5.91 Å². The molecule has 6 heteroatoms. The Labute approximate surface area is 123 Å². The highest BCUT2D eigenvalue weighted by Crippen LogP contribution is 2.23. The minimum atomic E-state index is -0.621. The minimum absolute atomic E-state index is 0. The molecular weight excluding hydrogens is 290 g/mol. The van der Waals surface area contributed by atoms with E-state index in [1.165, 1.54) is 12.1 Å². The number of rotatable bonds is 2. The van der Waals surface area contributed by atoms with Crippen molar-refractivity contribution < 1.29 is 9.18 Å². The molecule has 2 rings (SSSR count). The molecule has 106 valence electrons. The van der Waals surface area contributed by atoms with Crippen LogP contribution in [0, 0.1) is 5.82 Å². The van der Waals surface area contributed by atoms with Gasteiger partial charge in [0.15, 0.2) is 0 Å². The van der Waals surface area contributed by atoms with Crippen LogP contribution < -0.4 is 10.6 Å². The van der Waals surface area contributed by atoms with Crippen LogP contribution in [0.1, 0.15) is 26.2 Å². The van der Waals surface area contributed by atoms with E-state index in [1.54, 1.807) is 6.07 Å². The average molecular weight is 307 g/mol.